The second-order valence-electron chi connectivity index (χ2n) is 4.56. The Morgan fingerprint density at radius 1 is 1.61 bits per heavy atom. The molecule has 0 bridgehead atoms. The van der Waals surface area contributed by atoms with E-state index in [-0.39, 0.29) is 17.7 Å². The van der Waals surface area contributed by atoms with E-state index in [4.69, 9.17) is 15.6 Å². The highest BCUT2D eigenvalue weighted by Gasteiger charge is 2.24. The Labute approximate surface area is 106 Å². The van der Waals surface area contributed by atoms with Gasteiger partial charge in [0.1, 0.15) is 0 Å². The number of anilines is 2. The molecule has 1 heterocycles. The van der Waals surface area contributed by atoms with E-state index in [1.807, 2.05) is 6.92 Å². The summed E-state index contributed by atoms with van der Waals surface area (Å²) < 4.78 is 5.58. The van der Waals surface area contributed by atoms with Gasteiger partial charge in [0.25, 0.3) is 0 Å². The van der Waals surface area contributed by atoms with Crippen LogP contribution in [0.3, 0.4) is 0 Å². The summed E-state index contributed by atoms with van der Waals surface area (Å²) in [4.78, 5) is 11.1. The van der Waals surface area contributed by atoms with Gasteiger partial charge in [-0.1, -0.05) is 6.07 Å². The monoisotopic (exact) mass is 250 g/mol. The maximum absolute atomic E-state index is 11.1. The summed E-state index contributed by atoms with van der Waals surface area (Å²) in [6.07, 6.45) is 2.15. The van der Waals surface area contributed by atoms with Crippen molar-refractivity contribution in [2.45, 2.75) is 31.9 Å². The highest BCUT2D eigenvalue weighted by molar-refractivity contribution is 5.97. The Morgan fingerprint density at radius 3 is 3.00 bits per heavy atom. The van der Waals surface area contributed by atoms with E-state index in [2.05, 4.69) is 5.32 Å². The van der Waals surface area contributed by atoms with Gasteiger partial charge in [0, 0.05) is 12.6 Å². The number of nitrogens with one attached hydrogen (secondary N) is 1. The molecule has 0 amide bonds. The number of nitrogens with two attached hydrogens (primary N) is 1. The molecule has 98 valence electrons. The fourth-order valence-corrected chi connectivity index (χ4v) is 2.23. The number of nitrogen functional groups attached to an aromatic ring is 1. The Morgan fingerprint density at radius 2 is 2.39 bits per heavy atom. The zero-order valence-corrected chi connectivity index (χ0v) is 10.3. The Bertz CT molecular complexity index is 442. The summed E-state index contributed by atoms with van der Waals surface area (Å²) in [7, 11) is 0. The fourth-order valence-electron chi connectivity index (χ4n) is 2.23. The number of benzene rings is 1. The van der Waals surface area contributed by atoms with Gasteiger partial charge in [0.2, 0.25) is 0 Å². The fraction of sp³-hybridized carbons (Fsp3) is 0.462. The van der Waals surface area contributed by atoms with Gasteiger partial charge >= 0.3 is 5.97 Å². The van der Waals surface area contributed by atoms with Crippen molar-refractivity contribution in [2.75, 3.05) is 17.7 Å². The van der Waals surface area contributed by atoms with Crippen molar-refractivity contribution >= 4 is 17.3 Å². The van der Waals surface area contributed by atoms with Crippen LogP contribution in [0.4, 0.5) is 11.4 Å². The second-order valence-corrected chi connectivity index (χ2v) is 4.56. The Kier molecular flexibility index (Phi) is 3.72. The van der Waals surface area contributed by atoms with Gasteiger partial charge in [-0.25, -0.2) is 4.79 Å². The van der Waals surface area contributed by atoms with E-state index in [1.54, 1.807) is 18.2 Å². The molecule has 0 aromatic heterocycles. The van der Waals surface area contributed by atoms with E-state index in [0.29, 0.717) is 11.4 Å². The quantitative estimate of drug-likeness (QED) is 0.711. The molecule has 1 aromatic rings. The predicted molar refractivity (Wildman–Crippen MR) is 69.9 cm³/mol. The van der Waals surface area contributed by atoms with Crippen molar-refractivity contribution in [1.82, 2.24) is 0 Å². The molecule has 4 N–H and O–H groups in total. The Hall–Kier alpha value is -1.75. The lowest BCUT2D eigenvalue weighted by Gasteiger charge is -2.23. The SMILES string of the molecule is CC(Nc1c(N)cccc1C(=O)O)C1CCCO1. The van der Waals surface area contributed by atoms with Crippen LogP contribution in [0.5, 0.6) is 0 Å². The molecule has 0 radical (unpaired) electrons. The summed E-state index contributed by atoms with van der Waals surface area (Å²) in [5, 5.41) is 12.3. The van der Waals surface area contributed by atoms with Gasteiger partial charge in [-0.2, -0.15) is 0 Å². The lowest BCUT2D eigenvalue weighted by Crippen LogP contribution is -2.31. The van der Waals surface area contributed by atoms with Crippen LogP contribution < -0.4 is 11.1 Å². The first-order valence-corrected chi connectivity index (χ1v) is 6.09. The summed E-state index contributed by atoms with van der Waals surface area (Å²) in [6.45, 7) is 2.75. The molecule has 18 heavy (non-hydrogen) atoms. The zero-order chi connectivity index (χ0) is 13.1. The molecular weight excluding hydrogens is 232 g/mol. The third kappa shape index (κ3) is 2.56. The normalized spacial score (nSPS) is 20.6. The van der Waals surface area contributed by atoms with Crippen molar-refractivity contribution in [2.24, 2.45) is 0 Å². The summed E-state index contributed by atoms with van der Waals surface area (Å²) in [5.41, 5.74) is 6.96. The predicted octanol–water partition coefficient (Wildman–Crippen LogP) is 1.95. The van der Waals surface area contributed by atoms with E-state index in [9.17, 15) is 4.79 Å². The summed E-state index contributed by atoms with van der Waals surface area (Å²) >= 11 is 0. The standard InChI is InChI=1S/C13H18N2O3/c1-8(11-6-3-7-18-11)15-12-9(13(16)17)4-2-5-10(12)14/h2,4-5,8,11,15H,3,6-7,14H2,1H3,(H,16,17). The van der Waals surface area contributed by atoms with Crippen LogP contribution in [0.2, 0.25) is 0 Å². The summed E-state index contributed by atoms with van der Waals surface area (Å²) in [6, 6.07) is 4.91. The van der Waals surface area contributed by atoms with E-state index in [1.165, 1.54) is 0 Å². The number of carbonyl (C=O) groups is 1. The van der Waals surface area contributed by atoms with Crippen LogP contribution in [-0.2, 0) is 4.74 Å². The Balaban J connectivity index is 2.19. The smallest absolute Gasteiger partial charge is 0.337 e. The van der Waals surface area contributed by atoms with Crippen LogP contribution >= 0.6 is 0 Å². The number of hydrogen-bond acceptors (Lipinski definition) is 4. The zero-order valence-electron chi connectivity index (χ0n) is 10.3. The molecule has 2 atom stereocenters. The van der Waals surface area contributed by atoms with Crippen LogP contribution in [-0.4, -0.2) is 29.8 Å². The van der Waals surface area contributed by atoms with Crippen molar-refractivity contribution in [1.29, 1.82) is 0 Å². The van der Waals surface area contributed by atoms with Gasteiger partial charge in [0.15, 0.2) is 0 Å². The van der Waals surface area contributed by atoms with Gasteiger partial charge in [-0.15, -0.1) is 0 Å². The van der Waals surface area contributed by atoms with E-state index < -0.39 is 5.97 Å². The lowest BCUT2D eigenvalue weighted by molar-refractivity contribution is 0.0697. The number of aromatic carboxylic acids is 1. The first-order valence-electron chi connectivity index (χ1n) is 6.09. The number of hydrogen-bond donors (Lipinski definition) is 3. The molecule has 1 saturated heterocycles. The maximum atomic E-state index is 11.1. The molecule has 2 rings (SSSR count). The topological polar surface area (TPSA) is 84.6 Å². The maximum Gasteiger partial charge on any atom is 0.337 e. The van der Waals surface area contributed by atoms with Crippen molar-refractivity contribution in [3.05, 3.63) is 23.8 Å². The number of rotatable bonds is 4. The first-order chi connectivity index (χ1) is 8.59. The lowest BCUT2D eigenvalue weighted by atomic mass is 10.1. The molecular formula is C13H18N2O3. The molecule has 1 fully saturated rings. The highest BCUT2D eigenvalue weighted by atomic mass is 16.5. The average molecular weight is 250 g/mol. The molecule has 1 aliphatic heterocycles. The van der Waals surface area contributed by atoms with Gasteiger partial charge in [-0.05, 0) is 31.9 Å². The van der Waals surface area contributed by atoms with Crippen LogP contribution in [0.1, 0.15) is 30.1 Å². The first kappa shape index (κ1) is 12.7. The number of carboxylic acids is 1. The summed E-state index contributed by atoms with van der Waals surface area (Å²) in [5.74, 6) is -0.982. The second kappa shape index (κ2) is 5.27. The van der Waals surface area contributed by atoms with Gasteiger partial charge < -0.3 is 20.9 Å². The molecule has 5 nitrogen and oxygen atoms in total. The average Bonchev–Trinajstić information content (AvgIpc) is 2.85. The number of para-hydroxylation sites is 1. The molecule has 0 spiro atoms. The molecule has 0 saturated carbocycles. The van der Waals surface area contributed by atoms with Crippen LogP contribution in [0.15, 0.2) is 18.2 Å². The number of carboxylic acid groups (broad SMARTS) is 1. The minimum atomic E-state index is -0.982. The van der Waals surface area contributed by atoms with Gasteiger partial charge in [-0.3, -0.25) is 0 Å². The van der Waals surface area contributed by atoms with Crippen LogP contribution in [0.25, 0.3) is 0 Å². The van der Waals surface area contributed by atoms with Crippen LogP contribution in [0, 0.1) is 0 Å². The molecule has 1 aliphatic rings. The minimum Gasteiger partial charge on any atom is -0.478 e. The number of ether oxygens (including phenoxy) is 1. The van der Waals surface area contributed by atoms with Crippen molar-refractivity contribution < 1.29 is 14.6 Å². The third-order valence-electron chi connectivity index (χ3n) is 3.22. The third-order valence-corrected chi connectivity index (χ3v) is 3.22. The largest absolute Gasteiger partial charge is 0.478 e. The van der Waals surface area contributed by atoms with E-state index >= 15 is 0 Å². The minimum absolute atomic E-state index is 0.0373. The van der Waals surface area contributed by atoms with Crippen molar-refractivity contribution in [3.63, 3.8) is 0 Å². The highest BCUT2D eigenvalue weighted by Crippen LogP contribution is 2.26. The van der Waals surface area contributed by atoms with Gasteiger partial charge in [0.05, 0.1) is 23.0 Å². The van der Waals surface area contributed by atoms with E-state index in [0.717, 1.165) is 19.4 Å². The molecule has 0 aliphatic carbocycles. The molecule has 1 aromatic carbocycles. The molecule has 2 unspecified atom stereocenters. The van der Waals surface area contributed by atoms with Crippen molar-refractivity contribution in [3.8, 4) is 0 Å². The molecule has 5 heteroatoms.